The summed E-state index contributed by atoms with van der Waals surface area (Å²) >= 11 is 0. The normalized spacial score (nSPS) is 22.3. The third-order valence-corrected chi connectivity index (χ3v) is 7.33. The number of rotatable bonds is 3. The summed E-state index contributed by atoms with van der Waals surface area (Å²) in [6.45, 7) is 3.53. The van der Waals surface area contributed by atoms with Crippen LogP contribution in [0.15, 0.2) is 23.1 Å². The Morgan fingerprint density at radius 3 is 2.30 bits per heavy atom. The van der Waals surface area contributed by atoms with Crippen LogP contribution >= 0.6 is 0 Å². The first kappa shape index (κ1) is 13.6. The zero-order valence-electron chi connectivity index (χ0n) is 11.6. The fourth-order valence-electron chi connectivity index (χ4n) is 3.35. The highest BCUT2D eigenvalue weighted by Crippen LogP contribution is 2.68. The van der Waals surface area contributed by atoms with Crippen LogP contribution in [0.25, 0.3) is 0 Å². The first-order chi connectivity index (χ1) is 9.22. The Bertz CT molecular complexity index is 691. The van der Waals surface area contributed by atoms with E-state index in [1.165, 1.54) is 0 Å². The highest BCUT2D eigenvalue weighted by atomic mass is 32.2. The van der Waals surface area contributed by atoms with Crippen molar-refractivity contribution in [1.29, 1.82) is 0 Å². The van der Waals surface area contributed by atoms with Gasteiger partial charge in [0.1, 0.15) is 0 Å². The van der Waals surface area contributed by atoms with Crippen molar-refractivity contribution in [3.8, 4) is 0 Å². The molecule has 5 heteroatoms. The van der Waals surface area contributed by atoms with E-state index < -0.39 is 20.6 Å². The summed E-state index contributed by atoms with van der Waals surface area (Å²) in [5.74, 6) is -1.20. The first-order valence-electron chi connectivity index (χ1n) is 6.78. The second-order valence-corrected chi connectivity index (χ2v) is 8.65. The zero-order valence-corrected chi connectivity index (χ0v) is 12.5. The maximum Gasteiger partial charge on any atom is 0.325 e. The number of carbonyl (C=O) groups is 1. The van der Waals surface area contributed by atoms with Crippen molar-refractivity contribution in [2.45, 2.75) is 49.2 Å². The molecule has 3 rings (SSSR count). The zero-order chi connectivity index (χ0) is 14.8. The summed E-state index contributed by atoms with van der Waals surface area (Å²) in [6.07, 6.45) is 2.46. The van der Waals surface area contributed by atoms with E-state index in [1.54, 1.807) is 19.1 Å². The van der Waals surface area contributed by atoms with Crippen LogP contribution < -0.4 is 0 Å². The van der Waals surface area contributed by atoms with Gasteiger partial charge in [0.05, 0.1) is 4.90 Å². The first-order valence-corrected chi connectivity index (χ1v) is 8.26. The molecule has 0 bridgehead atoms. The van der Waals surface area contributed by atoms with E-state index in [0.717, 1.165) is 18.4 Å². The van der Waals surface area contributed by atoms with Crippen molar-refractivity contribution in [3.63, 3.8) is 0 Å². The average molecular weight is 294 g/mol. The van der Waals surface area contributed by atoms with Gasteiger partial charge in [-0.25, -0.2) is 8.42 Å². The molecule has 0 aliphatic heterocycles. The van der Waals surface area contributed by atoms with Gasteiger partial charge >= 0.3 is 5.97 Å². The average Bonchev–Trinajstić information content (AvgIpc) is 3.09. The van der Waals surface area contributed by atoms with Crippen molar-refractivity contribution in [1.82, 2.24) is 0 Å². The van der Waals surface area contributed by atoms with Crippen LogP contribution in [0, 0.1) is 19.3 Å². The van der Waals surface area contributed by atoms with Gasteiger partial charge in [-0.1, -0.05) is 12.1 Å². The summed E-state index contributed by atoms with van der Waals surface area (Å²) in [5, 5.41) is 9.52. The van der Waals surface area contributed by atoms with E-state index in [0.29, 0.717) is 5.56 Å². The van der Waals surface area contributed by atoms with E-state index in [9.17, 15) is 18.3 Å². The summed E-state index contributed by atoms with van der Waals surface area (Å²) < 4.78 is 24.2. The molecule has 20 heavy (non-hydrogen) atoms. The van der Waals surface area contributed by atoms with Crippen LogP contribution in [0.3, 0.4) is 0 Å². The predicted octanol–water partition coefficient (Wildman–Crippen LogP) is 2.47. The number of hydrogen-bond acceptors (Lipinski definition) is 3. The van der Waals surface area contributed by atoms with Gasteiger partial charge in [-0.15, -0.1) is 0 Å². The lowest BCUT2D eigenvalue weighted by Gasteiger charge is -2.44. The minimum absolute atomic E-state index is 0.00316. The van der Waals surface area contributed by atoms with E-state index in [2.05, 4.69) is 0 Å². The smallest absolute Gasteiger partial charge is 0.325 e. The lowest BCUT2D eigenvalue weighted by molar-refractivity contribution is -0.144. The van der Waals surface area contributed by atoms with Crippen LogP contribution in [-0.4, -0.2) is 24.2 Å². The Labute approximate surface area is 118 Å². The molecule has 1 N–H and O–H groups in total. The highest BCUT2D eigenvalue weighted by molar-refractivity contribution is 7.93. The fourth-order valence-corrected chi connectivity index (χ4v) is 5.83. The molecule has 2 aliphatic rings. The van der Waals surface area contributed by atoms with Gasteiger partial charge in [-0.3, -0.25) is 4.79 Å². The molecule has 0 saturated heterocycles. The number of benzene rings is 1. The van der Waals surface area contributed by atoms with Gasteiger partial charge < -0.3 is 5.11 Å². The third-order valence-electron chi connectivity index (χ3n) is 4.82. The summed E-state index contributed by atoms with van der Waals surface area (Å²) in [5.41, 5.74) is 1.45. The number of aryl methyl sites for hydroxylation is 2. The second-order valence-electron chi connectivity index (χ2n) is 6.43. The van der Waals surface area contributed by atoms with Crippen molar-refractivity contribution in [2.75, 3.05) is 0 Å². The molecule has 108 valence electrons. The number of hydrogen-bond donors (Lipinski definition) is 1. The predicted molar refractivity (Wildman–Crippen MR) is 74.4 cm³/mol. The SMILES string of the molecule is Cc1ccc(C)c(S(=O)(=O)C2(C(=O)O)CC3(CC3)C2)c1. The lowest BCUT2D eigenvalue weighted by atomic mass is 9.71. The molecular formula is C15H18O4S. The molecule has 2 aliphatic carbocycles. The van der Waals surface area contributed by atoms with Crippen LogP contribution in [0.5, 0.6) is 0 Å². The molecule has 1 aromatic rings. The minimum atomic E-state index is -3.85. The molecule has 0 unspecified atom stereocenters. The lowest BCUT2D eigenvalue weighted by Crippen LogP contribution is -2.57. The quantitative estimate of drug-likeness (QED) is 0.929. The molecule has 2 saturated carbocycles. The third kappa shape index (κ3) is 1.65. The van der Waals surface area contributed by atoms with Gasteiger partial charge in [0.25, 0.3) is 0 Å². The van der Waals surface area contributed by atoms with E-state index >= 15 is 0 Å². The number of sulfone groups is 1. The van der Waals surface area contributed by atoms with Crippen molar-refractivity contribution in [2.24, 2.45) is 5.41 Å². The molecule has 0 atom stereocenters. The van der Waals surface area contributed by atoms with Crippen LogP contribution in [0.4, 0.5) is 0 Å². The Balaban J connectivity index is 2.10. The number of carboxylic acid groups (broad SMARTS) is 1. The molecule has 1 spiro atoms. The fraction of sp³-hybridized carbons (Fsp3) is 0.533. The van der Waals surface area contributed by atoms with E-state index in [1.807, 2.05) is 13.0 Å². The standard InChI is InChI=1S/C15H18O4S/c1-10-3-4-11(2)12(7-10)20(18,19)15(13(16)17)8-14(9-15)5-6-14/h3-4,7H,5-6,8-9H2,1-2H3,(H,16,17). The maximum atomic E-state index is 12.9. The van der Waals surface area contributed by atoms with Gasteiger partial charge in [-0.2, -0.15) is 0 Å². The Morgan fingerprint density at radius 2 is 1.80 bits per heavy atom. The molecule has 0 radical (unpaired) electrons. The molecule has 0 aromatic heterocycles. The Kier molecular flexibility index (Phi) is 2.62. The highest BCUT2D eigenvalue weighted by Gasteiger charge is 2.70. The van der Waals surface area contributed by atoms with Crippen LogP contribution in [0.1, 0.15) is 36.8 Å². The second kappa shape index (κ2) is 3.85. The summed E-state index contributed by atoms with van der Waals surface area (Å²) in [4.78, 5) is 11.8. The number of aliphatic carboxylic acids is 1. The largest absolute Gasteiger partial charge is 0.480 e. The van der Waals surface area contributed by atoms with Crippen LogP contribution in [0.2, 0.25) is 0 Å². The van der Waals surface area contributed by atoms with Gasteiger partial charge in [0, 0.05) is 0 Å². The molecule has 1 aromatic carbocycles. The molecule has 2 fully saturated rings. The van der Waals surface area contributed by atoms with Crippen molar-refractivity contribution in [3.05, 3.63) is 29.3 Å². The number of carboxylic acids is 1. The molecule has 0 heterocycles. The Morgan fingerprint density at radius 1 is 1.20 bits per heavy atom. The summed E-state index contributed by atoms with van der Waals surface area (Å²) in [6, 6.07) is 5.17. The van der Waals surface area contributed by atoms with E-state index in [-0.39, 0.29) is 23.2 Å². The van der Waals surface area contributed by atoms with Gasteiger partial charge in [0.15, 0.2) is 14.6 Å². The van der Waals surface area contributed by atoms with Crippen molar-refractivity contribution >= 4 is 15.8 Å². The minimum Gasteiger partial charge on any atom is -0.480 e. The molecule has 0 amide bonds. The van der Waals surface area contributed by atoms with E-state index in [4.69, 9.17) is 0 Å². The maximum absolute atomic E-state index is 12.9. The topological polar surface area (TPSA) is 71.4 Å². The monoisotopic (exact) mass is 294 g/mol. The molecular weight excluding hydrogens is 276 g/mol. The molecule has 4 nitrogen and oxygen atoms in total. The van der Waals surface area contributed by atoms with Crippen LogP contribution in [-0.2, 0) is 14.6 Å². The van der Waals surface area contributed by atoms with Gasteiger partial charge in [0.2, 0.25) is 0 Å². The Hall–Kier alpha value is -1.36. The van der Waals surface area contributed by atoms with Gasteiger partial charge in [-0.05, 0) is 62.1 Å². The van der Waals surface area contributed by atoms with Crippen molar-refractivity contribution < 1.29 is 18.3 Å². The summed E-state index contributed by atoms with van der Waals surface area (Å²) in [7, 11) is -3.85.